The van der Waals surface area contributed by atoms with Gasteiger partial charge in [-0.3, -0.25) is 39.1 Å². The molecule has 1 unspecified atom stereocenters. The minimum Gasteiger partial charge on any atom is -0.480 e. The maximum Gasteiger partial charge on any atom is 0.317 e. The van der Waals surface area contributed by atoms with Crippen LogP contribution in [-0.4, -0.2) is 95.5 Å². The lowest BCUT2D eigenvalue weighted by Gasteiger charge is -2.37. The summed E-state index contributed by atoms with van der Waals surface area (Å²) in [6, 6.07) is 4.23. The van der Waals surface area contributed by atoms with Crippen LogP contribution in [0.1, 0.15) is 59.2 Å². The fourth-order valence-electron chi connectivity index (χ4n) is 5.57. The topological polar surface area (TPSA) is 137 Å². The van der Waals surface area contributed by atoms with Crippen LogP contribution in [-0.2, 0) is 19.1 Å². The number of amides is 4. The molecule has 1 atom stereocenters. The number of nitrogens with zero attached hydrogens (tertiary/aromatic N) is 3. The van der Waals surface area contributed by atoms with Crippen LogP contribution in [0.5, 0.6) is 0 Å². The van der Waals surface area contributed by atoms with Gasteiger partial charge in [0, 0.05) is 38.3 Å². The average Bonchev–Trinajstić information content (AvgIpc) is 3.10. The zero-order valence-electron chi connectivity index (χ0n) is 20.0. The molecule has 4 aliphatic rings. The molecule has 0 saturated carbocycles. The average molecular weight is 499 g/mol. The number of anilines is 1. The minimum absolute atomic E-state index is 0.0747. The van der Waals surface area contributed by atoms with Gasteiger partial charge < -0.3 is 14.7 Å². The number of hydrogen-bond donors (Lipinski definition) is 2. The molecule has 1 aromatic rings. The van der Waals surface area contributed by atoms with Crippen LogP contribution < -0.4 is 10.2 Å². The van der Waals surface area contributed by atoms with Crippen molar-refractivity contribution in [2.75, 3.05) is 37.6 Å². The number of imide groups is 2. The quantitative estimate of drug-likeness (QED) is 0.541. The summed E-state index contributed by atoms with van der Waals surface area (Å²) in [6.45, 7) is 3.03. The van der Waals surface area contributed by atoms with E-state index in [1.165, 1.54) is 0 Å². The number of likely N-dealkylation sites (tertiary alicyclic amines) is 1. The van der Waals surface area contributed by atoms with E-state index in [-0.39, 0.29) is 42.7 Å². The molecular formula is C25H30N4O7. The molecule has 4 aliphatic heterocycles. The second kappa shape index (κ2) is 9.98. The van der Waals surface area contributed by atoms with Crippen LogP contribution in [0.4, 0.5) is 5.69 Å². The number of fused-ring (bicyclic) bond motifs is 1. The SMILES string of the molecule is O=C(O)CN1CCC(OC2CCN(c3ccc4c(c3)C(=O)N(C3CCC(=O)NC3=O)C4=O)CC2)CC1. The largest absolute Gasteiger partial charge is 0.480 e. The summed E-state index contributed by atoms with van der Waals surface area (Å²) in [4.78, 5) is 65.7. The van der Waals surface area contributed by atoms with Gasteiger partial charge in [0.05, 0.1) is 29.9 Å². The van der Waals surface area contributed by atoms with Gasteiger partial charge in [-0.05, 0) is 50.3 Å². The van der Waals surface area contributed by atoms with Crippen LogP contribution in [0.25, 0.3) is 0 Å². The van der Waals surface area contributed by atoms with Crippen molar-refractivity contribution in [2.24, 2.45) is 0 Å². The Kier molecular flexibility index (Phi) is 6.76. The number of benzene rings is 1. The Morgan fingerprint density at radius 1 is 0.917 bits per heavy atom. The van der Waals surface area contributed by atoms with E-state index in [0.29, 0.717) is 0 Å². The van der Waals surface area contributed by atoms with Crippen molar-refractivity contribution in [1.82, 2.24) is 15.1 Å². The number of carbonyl (C=O) groups excluding carboxylic acids is 4. The highest BCUT2D eigenvalue weighted by molar-refractivity contribution is 6.23. The summed E-state index contributed by atoms with van der Waals surface area (Å²) in [5.74, 6) is -2.82. The van der Waals surface area contributed by atoms with Crippen molar-refractivity contribution < 1.29 is 33.8 Å². The lowest BCUT2D eigenvalue weighted by molar-refractivity contribution is -0.139. The molecule has 5 rings (SSSR count). The molecule has 1 aromatic carbocycles. The van der Waals surface area contributed by atoms with Crippen molar-refractivity contribution in [3.63, 3.8) is 0 Å². The number of carboxylic acid groups (broad SMARTS) is 1. The standard InChI is InChI=1S/C25H30N4O7/c30-21-4-3-20(23(33)26-21)29-24(34)18-2-1-15(13-19(18)25(29)35)28-11-7-17(8-12-28)36-16-5-9-27(10-6-16)14-22(31)32/h1-2,13,16-17,20H,3-12,14H2,(H,31,32)(H,26,30,33). The van der Waals surface area contributed by atoms with E-state index in [1.807, 2.05) is 11.0 Å². The number of carboxylic acids is 1. The molecule has 3 saturated heterocycles. The predicted molar refractivity (Wildman–Crippen MR) is 127 cm³/mol. The molecule has 0 radical (unpaired) electrons. The Morgan fingerprint density at radius 3 is 2.19 bits per heavy atom. The Morgan fingerprint density at radius 2 is 1.56 bits per heavy atom. The first-order valence-electron chi connectivity index (χ1n) is 12.5. The third-order valence-corrected chi connectivity index (χ3v) is 7.51. The lowest BCUT2D eigenvalue weighted by Crippen LogP contribution is -2.54. The molecule has 11 heteroatoms. The summed E-state index contributed by atoms with van der Waals surface area (Å²) in [5, 5.41) is 11.2. The Hall–Kier alpha value is -3.31. The van der Waals surface area contributed by atoms with Crippen LogP contribution in [0, 0.1) is 0 Å². The fourth-order valence-corrected chi connectivity index (χ4v) is 5.57. The van der Waals surface area contributed by atoms with Gasteiger partial charge in [0.15, 0.2) is 0 Å². The normalized spacial score (nSPS) is 24.3. The summed E-state index contributed by atoms with van der Waals surface area (Å²) in [6.07, 6.45) is 3.84. The molecule has 0 aromatic heterocycles. The summed E-state index contributed by atoms with van der Waals surface area (Å²) >= 11 is 0. The van der Waals surface area contributed by atoms with E-state index in [2.05, 4.69) is 10.2 Å². The third-order valence-electron chi connectivity index (χ3n) is 7.51. The molecule has 0 bridgehead atoms. The Bertz CT molecular complexity index is 1090. The molecule has 0 spiro atoms. The van der Waals surface area contributed by atoms with Crippen molar-refractivity contribution in [1.29, 1.82) is 0 Å². The molecular weight excluding hydrogens is 468 g/mol. The molecule has 4 amide bonds. The van der Waals surface area contributed by atoms with Crippen LogP contribution >= 0.6 is 0 Å². The zero-order valence-corrected chi connectivity index (χ0v) is 20.0. The van der Waals surface area contributed by atoms with Gasteiger partial charge in [0.1, 0.15) is 6.04 Å². The highest BCUT2D eigenvalue weighted by Gasteiger charge is 2.44. The summed E-state index contributed by atoms with van der Waals surface area (Å²) < 4.78 is 6.31. The van der Waals surface area contributed by atoms with Crippen LogP contribution in [0.15, 0.2) is 18.2 Å². The van der Waals surface area contributed by atoms with E-state index in [0.717, 1.165) is 62.4 Å². The monoisotopic (exact) mass is 498 g/mol. The maximum absolute atomic E-state index is 13.1. The van der Waals surface area contributed by atoms with Gasteiger partial charge in [-0.1, -0.05) is 0 Å². The Balaban J connectivity index is 1.17. The van der Waals surface area contributed by atoms with E-state index >= 15 is 0 Å². The number of nitrogens with one attached hydrogen (secondary N) is 1. The van der Waals surface area contributed by atoms with Gasteiger partial charge in [-0.2, -0.15) is 0 Å². The third kappa shape index (κ3) is 4.85. The molecule has 192 valence electrons. The van der Waals surface area contributed by atoms with Crippen molar-refractivity contribution >= 4 is 35.3 Å². The zero-order chi connectivity index (χ0) is 25.4. The first kappa shape index (κ1) is 24.4. The van der Waals surface area contributed by atoms with Gasteiger partial charge in [-0.25, -0.2) is 0 Å². The lowest BCUT2D eigenvalue weighted by atomic mass is 10.0. The number of rotatable bonds is 6. The molecule has 11 nitrogen and oxygen atoms in total. The Labute approximate surface area is 208 Å². The van der Waals surface area contributed by atoms with Crippen molar-refractivity contribution in [2.45, 2.75) is 56.8 Å². The predicted octanol–water partition coefficient (Wildman–Crippen LogP) is 0.622. The van der Waals surface area contributed by atoms with Gasteiger partial charge >= 0.3 is 5.97 Å². The van der Waals surface area contributed by atoms with Gasteiger partial charge in [0.25, 0.3) is 11.8 Å². The molecule has 3 fully saturated rings. The van der Waals surface area contributed by atoms with Crippen LogP contribution in [0.2, 0.25) is 0 Å². The second-order valence-corrected chi connectivity index (χ2v) is 9.87. The highest BCUT2D eigenvalue weighted by Crippen LogP contribution is 2.32. The smallest absolute Gasteiger partial charge is 0.317 e. The molecule has 36 heavy (non-hydrogen) atoms. The molecule has 0 aliphatic carbocycles. The summed E-state index contributed by atoms with van der Waals surface area (Å²) in [7, 11) is 0. The van der Waals surface area contributed by atoms with E-state index in [1.54, 1.807) is 12.1 Å². The number of carbonyl (C=O) groups is 5. The summed E-state index contributed by atoms with van der Waals surface area (Å²) in [5.41, 5.74) is 1.41. The van der Waals surface area contributed by atoms with Gasteiger partial charge in [0.2, 0.25) is 11.8 Å². The second-order valence-electron chi connectivity index (χ2n) is 9.87. The van der Waals surface area contributed by atoms with Crippen LogP contribution in [0.3, 0.4) is 0 Å². The first-order valence-corrected chi connectivity index (χ1v) is 12.5. The maximum atomic E-state index is 13.1. The number of hydrogen-bond acceptors (Lipinski definition) is 8. The number of aliphatic carboxylic acids is 1. The highest BCUT2D eigenvalue weighted by atomic mass is 16.5. The minimum atomic E-state index is -0.970. The van der Waals surface area contributed by atoms with E-state index in [4.69, 9.17) is 9.84 Å². The van der Waals surface area contributed by atoms with Crippen molar-refractivity contribution in [3.8, 4) is 0 Å². The number of ether oxygens (including phenoxy) is 1. The first-order chi connectivity index (χ1) is 17.3. The number of piperidine rings is 3. The fraction of sp³-hybridized carbons (Fsp3) is 0.560. The van der Waals surface area contributed by atoms with E-state index < -0.39 is 35.6 Å². The van der Waals surface area contributed by atoms with E-state index in [9.17, 15) is 24.0 Å². The molecule has 4 heterocycles. The van der Waals surface area contributed by atoms with Crippen molar-refractivity contribution in [3.05, 3.63) is 29.3 Å². The van der Waals surface area contributed by atoms with Gasteiger partial charge in [-0.15, -0.1) is 0 Å². The molecule has 2 N–H and O–H groups in total.